The number of anilines is 1. The molecule has 1 aromatic carbocycles. The third-order valence-corrected chi connectivity index (χ3v) is 3.77. The number of aromatic carboxylic acids is 1. The van der Waals surface area contributed by atoms with Crippen LogP contribution < -0.4 is 9.46 Å². The van der Waals surface area contributed by atoms with Gasteiger partial charge in [0.25, 0.3) is 16.0 Å². The third kappa shape index (κ3) is 3.08. The van der Waals surface area contributed by atoms with Gasteiger partial charge in [-0.1, -0.05) is 5.10 Å². The van der Waals surface area contributed by atoms with Crippen LogP contribution in [0.3, 0.4) is 0 Å². The van der Waals surface area contributed by atoms with Gasteiger partial charge in [-0.25, -0.2) is 17.9 Å². The highest BCUT2D eigenvalue weighted by Crippen LogP contribution is 2.23. The van der Waals surface area contributed by atoms with E-state index in [1.165, 1.54) is 26.3 Å². The van der Waals surface area contributed by atoms with E-state index in [2.05, 4.69) is 20.1 Å². The Hall–Kier alpha value is -2.69. The van der Waals surface area contributed by atoms with Crippen LogP contribution in [0.15, 0.2) is 23.1 Å². The number of hydrogen-bond donors (Lipinski definition) is 2. The van der Waals surface area contributed by atoms with E-state index < -0.39 is 16.0 Å². The minimum Gasteiger partial charge on any atom is -0.496 e. The molecule has 2 rings (SSSR count). The van der Waals surface area contributed by atoms with E-state index >= 15 is 0 Å². The first-order valence-electron chi connectivity index (χ1n) is 5.51. The van der Waals surface area contributed by atoms with Gasteiger partial charge in [0, 0.05) is 0 Å². The van der Waals surface area contributed by atoms with Crippen molar-refractivity contribution in [1.29, 1.82) is 0 Å². The number of methoxy groups -OCH3 is 1. The molecule has 0 saturated heterocycles. The number of tetrazole rings is 1. The largest absolute Gasteiger partial charge is 0.496 e. The predicted molar refractivity (Wildman–Crippen MR) is 69.6 cm³/mol. The summed E-state index contributed by atoms with van der Waals surface area (Å²) in [6, 6.07) is 3.45. The second-order valence-corrected chi connectivity index (χ2v) is 5.56. The number of nitrogens with one attached hydrogen (secondary N) is 1. The molecule has 21 heavy (non-hydrogen) atoms. The Balaban J connectivity index is 2.40. The molecule has 0 unspecified atom stereocenters. The van der Waals surface area contributed by atoms with Gasteiger partial charge in [-0.2, -0.15) is 4.80 Å². The number of aryl methyl sites for hydroxylation is 1. The molecule has 0 aliphatic carbocycles. The normalized spacial score (nSPS) is 11.1. The number of ether oxygens (including phenoxy) is 1. The standard InChI is InChI=1S/C10H11N5O5S/c1-15-12-10(11-14-15)13-21(18,19)6-3-4-8(20-2)7(5-6)9(16)17/h3-5H,1-2H3,(H,12,13)(H,16,17). The van der Waals surface area contributed by atoms with Gasteiger partial charge in [0.15, 0.2) is 0 Å². The third-order valence-electron chi connectivity index (χ3n) is 2.45. The first-order valence-corrected chi connectivity index (χ1v) is 7.00. The van der Waals surface area contributed by atoms with Crippen molar-refractivity contribution in [3.63, 3.8) is 0 Å². The fourth-order valence-corrected chi connectivity index (χ4v) is 2.49. The Morgan fingerprint density at radius 1 is 1.43 bits per heavy atom. The van der Waals surface area contributed by atoms with Gasteiger partial charge in [0.2, 0.25) is 0 Å². The highest BCUT2D eigenvalue weighted by atomic mass is 32.2. The zero-order chi connectivity index (χ0) is 15.6. The Morgan fingerprint density at radius 2 is 2.14 bits per heavy atom. The Bertz CT molecular complexity index is 785. The smallest absolute Gasteiger partial charge is 0.339 e. The van der Waals surface area contributed by atoms with E-state index in [-0.39, 0.29) is 22.2 Å². The van der Waals surface area contributed by atoms with Gasteiger partial charge < -0.3 is 9.84 Å². The first kappa shape index (κ1) is 14.7. The van der Waals surface area contributed by atoms with Crippen LogP contribution in [0.25, 0.3) is 0 Å². The molecule has 0 atom stereocenters. The van der Waals surface area contributed by atoms with Crippen molar-refractivity contribution < 1.29 is 23.1 Å². The summed E-state index contributed by atoms with van der Waals surface area (Å²) < 4.78 is 31.2. The number of carboxylic acids is 1. The Kier molecular flexibility index (Phi) is 3.76. The highest BCUT2D eigenvalue weighted by molar-refractivity contribution is 7.92. The average Bonchev–Trinajstić information content (AvgIpc) is 2.82. The summed E-state index contributed by atoms with van der Waals surface area (Å²) in [6.45, 7) is 0. The van der Waals surface area contributed by atoms with Crippen molar-refractivity contribution in [1.82, 2.24) is 20.2 Å². The van der Waals surface area contributed by atoms with E-state index in [0.717, 1.165) is 10.9 Å². The molecular formula is C10H11N5O5S. The van der Waals surface area contributed by atoms with Crippen LogP contribution in [0.5, 0.6) is 5.75 Å². The molecule has 0 aliphatic rings. The number of carboxylic acid groups (broad SMARTS) is 1. The van der Waals surface area contributed by atoms with E-state index in [1.807, 2.05) is 0 Å². The van der Waals surface area contributed by atoms with Crippen molar-refractivity contribution in [3.05, 3.63) is 23.8 Å². The number of aromatic nitrogens is 4. The minimum absolute atomic E-state index is 0.0547. The van der Waals surface area contributed by atoms with Gasteiger partial charge >= 0.3 is 5.97 Å². The number of sulfonamides is 1. The van der Waals surface area contributed by atoms with Crippen molar-refractivity contribution in [2.24, 2.45) is 7.05 Å². The molecule has 1 aromatic heterocycles. The quantitative estimate of drug-likeness (QED) is 0.769. The summed E-state index contributed by atoms with van der Waals surface area (Å²) in [5, 5.41) is 19.7. The van der Waals surface area contributed by atoms with E-state index in [0.29, 0.717) is 0 Å². The SMILES string of the molecule is COc1ccc(S(=O)(=O)Nc2nnn(C)n2)cc1C(=O)O. The van der Waals surface area contributed by atoms with E-state index in [4.69, 9.17) is 9.84 Å². The summed E-state index contributed by atoms with van der Waals surface area (Å²) in [5.41, 5.74) is -0.271. The molecule has 0 radical (unpaired) electrons. The summed E-state index contributed by atoms with van der Waals surface area (Å²) in [4.78, 5) is 11.9. The molecule has 2 N–H and O–H groups in total. The molecule has 0 bridgehead atoms. The second-order valence-electron chi connectivity index (χ2n) is 3.88. The molecule has 0 saturated carbocycles. The summed E-state index contributed by atoms with van der Waals surface area (Å²) in [6.07, 6.45) is 0. The lowest BCUT2D eigenvalue weighted by Gasteiger charge is -2.08. The number of carbonyl (C=O) groups is 1. The van der Waals surface area contributed by atoms with Crippen LogP contribution in [-0.2, 0) is 17.1 Å². The Morgan fingerprint density at radius 3 is 2.67 bits per heavy atom. The van der Waals surface area contributed by atoms with Crippen LogP contribution in [0, 0.1) is 0 Å². The zero-order valence-corrected chi connectivity index (χ0v) is 11.8. The fraction of sp³-hybridized carbons (Fsp3) is 0.200. The monoisotopic (exact) mass is 313 g/mol. The highest BCUT2D eigenvalue weighted by Gasteiger charge is 2.21. The van der Waals surface area contributed by atoms with E-state index in [9.17, 15) is 13.2 Å². The lowest BCUT2D eigenvalue weighted by molar-refractivity contribution is 0.0693. The molecule has 11 heteroatoms. The zero-order valence-electron chi connectivity index (χ0n) is 11.0. The molecule has 1 heterocycles. The van der Waals surface area contributed by atoms with Gasteiger partial charge in [0.05, 0.1) is 19.1 Å². The van der Waals surface area contributed by atoms with Crippen molar-refractivity contribution in [2.75, 3.05) is 11.8 Å². The Labute approximate surface area is 119 Å². The molecule has 0 amide bonds. The summed E-state index contributed by atoms with van der Waals surface area (Å²) >= 11 is 0. The molecule has 0 spiro atoms. The molecule has 112 valence electrons. The average molecular weight is 313 g/mol. The van der Waals surface area contributed by atoms with Crippen molar-refractivity contribution in [3.8, 4) is 5.75 Å². The van der Waals surface area contributed by atoms with Gasteiger partial charge in [-0.05, 0) is 23.4 Å². The number of benzene rings is 1. The predicted octanol–water partition coefficient (Wildman–Crippen LogP) is -0.282. The van der Waals surface area contributed by atoms with E-state index in [1.54, 1.807) is 0 Å². The van der Waals surface area contributed by atoms with Gasteiger partial charge in [-0.3, -0.25) is 0 Å². The second kappa shape index (κ2) is 5.36. The maximum atomic E-state index is 12.1. The van der Waals surface area contributed by atoms with Crippen LogP contribution in [0.4, 0.5) is 5.95 Å². The lowest BCUT2D eigenvalue weighted by Crippen LogP contribution is -2.15. The number of hydrogen-bond acceptors (Lipinski definition) is 7. The van der Waals surface area contributed by atoms with Crippen LogP contribution >= 0.6 is 0 Å². The summed E-state index contributed by atoms with van der Waals surface area (Å²) in [5.74, 6) is -1.47. The van der Waals surface area contributed by atoms with Crippen LogP contribution in [-0.4, -0.2) is 46.8 Å². The molecule has 0 aliphatic heterocycles. The van der Waals surface area contributed by atoms with Crippen LogP contribution in [0.1, 0.15) is 10.4 Å². The number of rotatable bonds is 5. The van der Waals surface area contributed by atoms with Crippen LogP contribution in [0.2, 0.25) is 0 Å². The minimum atomic E-state index is -4.03. The topological polar surface area (TPSA) is 136 Å². The molecular weight excluding hydrogens is 302 g/mol. The molecule has 10 nitrogen and oxygen atoms in total. The van der Waals surface area contributed by atoms with Gasteiger partial charge in [0.1, 0.15) is 11.3 Å². The first-order chi connectivity index (χ1) is 9.83. The fourth-order valence-electron chi connectivity index (χ4n) is 1.53. The number of nitrogens with zero attached hydrogens (tertiary/aromatic N) is 4. The molecule has 0 fully saturated rings. The summed E-state index contributed by atoms with van der Waals surface area (Å²) in [7, 11) is -1.27. The lowest BCUT2D eigenvalue weighted by atomic mass is 10.2. The van der Waals surface area contributed by atoms with Crippen molar-refractivity contribution >= 4 is 21.9 Å². The maximum absolute atomic E-state index is 12.1. The molecule has 2 aromatic rings. The van der Waals surface area contributed by atoms with Crippen molar-refractivity contribution in [2.45, 2.75) is 4.90 Å². The van der Waals surface area contributed by atoms with Gasteiger partial charge in [-0.15, -0.1) is 5.10 Å². The maximum Gasteiger partial charge on any atom is 0.339 e.